The van der Waals surface area contributed by atoms with Gasteiger partial charge >= 0.3 is 0 Å². The fourth-order valence-corrected chi connectivity index (χ4v) is 4.05. The lowest BCUT2D eigenvalue weighted by molar-refractivity contribution is 1.06. The van der Waals surface area contributed by atoms with Crippen LogP contribution in [0.1, 0.15) is 0 Å². The van der Waals surface area contributed by atoms with E-state index in [0.29, 0.717) is 0 Å². The normalized spacial score (nSPS) is 11.3. The largest absolute Gasteiger partial charge is 0.306 e. The number of hydrogen-bond acceptors (Lipinski definition) is 2. The second-order valence-corrected chi connectivity index (χ2v) is 7.33. The number of imidazole rings is 2. The predicted octanol–water partition coefficient (Wildman–Crippen LogP) is 6.03. The van der Waals surface area contributed by atoms with Crippen molar-refractivity contribution in [1.29, 1.82) is 0 Å². The van der Waals surface area contributed by atoms with Gasteiger partial charge in [0.05, 0.1) is 23.0 Å². The molecular formula is C26H18N4. The average molecular weight is 386 g/mol. The van der Waals surface area contributed by atoms with Gasteiger partial charge in [-0.3, -0.25) is 4.57 Å². The molecule has 0 aliphatic carbocycles. The van der Waals surface area contributed by atoms with Gasteiger partial charge in [0.2, 0.25) is 0 Å². The Hall–Kier alpha value is -4.18. The van der Waals surface area contributed by atoms with E-state index in [1.165, 1.54) is 21.9 Å². The fourth-order valence-electron chi connectivity index (χ4n) is 4.05. The summed E-state index contributed by atoms with van der Waals surface area (Å²) in [7, 11) is 0. The molecule has 142 valence electrons. The summed E-state index contributed by atoms with van der Waals surface area (Å²) in [6, 6.07) is 29.9. The van der Waals surface area contributed by atoms with Gasteiger partial charge in [0, 0.05) is 23.5 Å². The highest BCUT2D eigenvalue weighted by atomic mass is 15.0. The van der Waals surface area contributed by atoms with Crippen LogP contribution in [-0.4, -0.2) is 19.1 Å². The summed E-state index contributed by atoms with van der Waals surface area (Å²) in [6.45, 7) is 0. The van der Waals surface area contributed by atoms with Crippen LogP contribution in [0.5, 0.6) is 0 Å². The monoisotopic (exact) mass is 386 g/mol. The average Bonchev–Trinajstić information content (AvgIpc) is 3.49. The first-order valence-corrected chi connectivity index (χ1v) is 9.91. The summed E-state index contributed by atoms with van der Waals surface area (Å²) in [6.07, 6.45) is 7.46. The lowest BCUT2D eigenvalue weighted by atomic mass is 10.00. The van der Waals surface area contributed by atoms with Crippen LogP contribution in [0, 0.1) is 0 Å². The van der Waals surface area contributed by atoms with Crippen LogP contribution in [0.2, 0.25) is 0 Å². The maximum Gasteiger partial charge on any atom is 0.100 e. The minimum Gasteiger partial charge on any atom is -0.306 e. The van der Waals surface area contributed by atoms with Crippen molar-refractivity contribution in [2.45, 2.75) is 0 Å². The third-order valence-electron chi connectivity index (χ3n) is 5.57. The van der Waals surface area contributed by atoms with E-state index in [2.05, 4.69) is 87.3 Å². The van der Waals surface area contributed by atoms with Crippen LogP contribution >= 0.6 is 0 Å². The Morgan fingerprint density at radius 3 is 2.43 bits per heavy atom. The van der Waals surface area contributed by atoms with E-state index in [0.717, 1.165) is 22.4 Å². The van der Waals surface area contributed by atoms with E-state index >= 15 is 0 Å². The van der Waals surface area contributed by atoms with Gasteiger partial charge in [-0.2, -0.15) is 0 Å². The summed E-state index contributed by atoms with van der Waals surface area (Å²) in [5.74, 6) is 0. The molecule has 0 radical (unpaired) electrons. The van der Waals surface area contributed by atoms with E-state index in [4.69, 9.17) is 0 Å². The molecule has 0 saturated heterocycles. The zero-order valence-electron chi connectivity index (χ0n) is 16.2. The molecule has 0 spiro atoms. The second-order valence-electron chi connectivity index (χ2n) is 7.33. The molecule has 2 heterocycles. The minimum absolute atomic E-state index is 1.00. The Bertz CT molecular complexity index is 1480. The Kier molecular flexibility index (Phi) is 3.74. The number of hydrogen-bond donors (Lipinski definition) is 0. The molecule has 0 unspecified atom stereocenters. The smallest absolute Gasteiger partial charge is 0.100 e. The molecule has 0 N–H and O–H groups in total. The lowest BCUT2D eigenvalue weighted by Crippen LogP contribution is -1.93. The Labute approximate surface area is 173 Å². The summed E-state index contributed by atoms with van der Waals surface area (Å²) in [4.78, 5) is 8.67. The molecule has 0 fully saturated rings. The molecule has 0 atom stereocenters. The molecule has 0 bridgehead atoms. The Morgan fingerprint density at radius 2 is 1.57 bits per heavy atom. The number of aromatic nitrogens is 4. The van der Waals surface area contributed by atoms with Crippen molar-refractivity contribution in [2.75, 3.05) is 0 Å². The van der Waals surface area contributed by atoms with Gasteiger partial charge in [0.15, 0.2) is 0 Å². The van der Waals surface area contributed by atoms with Crippen molar-refractivity contribution in [3.63, 3.8) is 0 Å². The van der Waals surface area contributed by atoms with Gasteiger partial charge in [-0.15, -0.1) is 0 Å². The van der Waals surface area contributed by atoms with Crippen LogP contribution in [0.3, 0.4) is 0 Å². The van der Waals surface area contributed by atoms with E-state index in [9.17, 15) is 0 Å². The zero-order chi connectivity index (χ0) is 19.9. The van der Waals surface area contributed by atoms with Gasteiger partial charge in [-0.05, 0) is 52.9 Å². The van der Waals surface area contributed by atoms with Crippen molar-refractivity contribution in [3.05, 3.63) is 110 Å². The van der Waals surface area contributed by atoms with E-state index < -0.39 is 0 Å². The minimum atomic E-state index is 1.00. The van der Waals surface area contributed by atoms with Gasteiger partial charge in [-0.25, -0.2) is 9.97 Å². The third-order valence-corrected chi connectivity index (χ3v) is 5.57. The topological polar surface area (TPSA) is 35.6 Å². The number of benzene rings is 4. The number of para-hydroxylation sites is 2. The van der Waals surface area contributed by atoms with Crippen LogP contribution in [-0.2, 0) is 0 Å². The molecule has 0 amide bonds. The maximum atomic E-state index is 4.55. The molecule has 4 nitrogen and oxygen atoms in total. The van der Waals surface area contributed by atoms with E-state index in [1.54, 1.807) is 6.20 Å². The van der Waals surface area contributed by atoms with Crippen molar-refractivity contribution in [3.8, 4) is 22.5 Å². The quantitative estimate of drug-likeness (QED) is 0.372. The first kappa shape index (κ1) is 16.7. The number of fused-ring (bicyclic) bond motifs is 2. The number of rotatable bonds is 3. The van der Waals surface area contributed by atoms with Crippen molar-refractivity contribution in [2.24, 2.45) is 0 Å². The van der Waals surface area contributed by atoms with Gasteiger partial charge in [0.25, 0.3) is 0 Å². The summed E-state index contributed by atoms with van der Waals surface area (Å²) < 4.78 is 4.17. The molecule has 6 aromatic rings. The highest BCUT2D eigenvalue weighted by molar-refractivity contribution is 5.95. The Morgan fingerprint density at radius 1 is 0.700 bits per heavy atom. The van der Waals surface area contributed by atoms with Crippen molar-refractivity contribution >= 4 is 21.8 Å². The van der Waals surface area contributed by atoms with Crippen LogP contribution in [0.15, 0.2) is 110 Å². The predicted molar refractivity (Wildman–Crippen MR) is 121 cm³/mol. The van der Waals surface area contributed by atoms with Gasteiger partial charge < -0.3 is 4.57 Å². The third kappa shape index (κ3) is 2.70. The molecule has 6 rings (SSSR count). The lowest BCUT2D eigenvalue weighted by Gasteiger charge is -2.11. The number of nitrogens with zero attached hydrogens (tertiary/aromatic N) is 4. The zero-order valence-corrected chi connectivity index (χ0v) is 16.2. The SMILES string of the molecule is c1cc(-n2cnc3ccccc32)c2ccc(-c3ccc(-n4ccnc4)cc3)cc2c1. The first-order valence-electron chi connectivity index (χ1n) is 9.91. The second kappa shape index (κ2) is 6.71. The van der Waals surface area contributed by atoms with Crippen LogP contribution < -0.4 is 0 Å². The van der Waals surface area contributed by atoms with Crippen molar-refractivity contribution < 1.29 is 0 Å². The molecule has 30 heavy (non-hydrogen) atoms. The highest BCUT2D eigenvalue weighted by Gasteiger charge is 2.09. The van der Waals surface area contributed by atoms with Gasteiger partial charge in [0.1, 0.15) is 6.33 Å². The van der Waals surface area contributed by atoms with E-state index in [-0.39, 0.29) is 0 Å². The molecule has 4 heteroatoms. The van der Waals surface area contributed by atoms with Crippen molar-refractivity contribution in [1.82, 2.24) is 19.1 Å². The highest BCUT2D eigenvalue weighted by Crippen LogP contribution is 2.30. The van der Waals surface area contributed by atoms with Crippen LogP contribution in [0.25, 0.3) is 44.3 Å². The van der Waals surface area contributed by atoms with Gasteiger partial charge in [-0.1, -0.05) is 48.5 Å². The van der Waals surface area contributed by atoms with E-state index in [1.807, 2.05) is 35.6 Å². The molecular weight excluding hydrogens is 368 g/mol. The standard InChI is InChI=1S/C26H18N4/c1-2-6-26-24(5-1)28-18-30(26)25-7-3-4-21-16-20(10-13-23(21)25)19-8-11-22(12-9-19)29-15-14-27-17-29/h1-18H. The molecule has 0 aliphatic rings. The molecule has 0 aliphatic heterocycles. The van der Waals surface area contributed by atoms with Crippen LogP contribution in [0.4, 0.5) is 0 Å². The summed E-state index contributed by atoms with van der Waals surface area (Å²) >= 11 is 0. The molecule has 2 aromatic heterocycles. The molecule has 4 aromatic carbocycles. The maximum absolute atomic E-state index is 4.55. The Balaban J connectivity index is 1.43. The molecule has 0 saturated carbocycles. The fraction of sp³-hybridized carbons (Fsp3) is 0. The summed E-state index contributed by atoms with van der Waals surface area (Å²) in [5, 5.41) is 2.42. The first-order chi connectivity index (χ1) is 14.9. The summed E-state index contributed by atoms with van der Waals surface area (Å²) in [5.41, 5.74) is 6.76.